The molecule has 0 amide bonds. The van der Waals surface area contributed by atoms with Crippen LogP contribution in [0.25, 0.3) is 0 Å². The highest BCUT2D eigenvalue weighted by Crippen LogP contribution is 2.42. The first-order valence-corrected chi connectivity index (χ1v) is 12.0. The van der Waals surface area contributed by atoms with Crippen LogP contribution in [-0.2, 0) is 13.1 Å². The molecule has 0 unspecified atom stereocenters. The van der Waals surface area contributed by atoms with Gasteiger partial charge in [-0.15, -0.1) is 0 Å². The molecule has 0 bridgehead atoms. The van der Waals surface area contributed by atoms with Crippen LogP contribution in [0.15, 0.2) is 70.7 Å². The Balaban J connectivity index is 1.38. The lowest BCUT2D eigenvalue weighted by molar-refractivity contribution is 0.414. The smallest absolute Gasteiger partial charge is 0.136 e. The molecule has 10 heteroatoms. The summed E-state index contributed by atoms with van der Waals surface area (Å²) in [6.07, 6.45) is 3.54. The Kier molecular flexibility index (Phi) is 6.81. The van der Waals surface area contributed by atoms with Crippen molar-refractivity contribution in [2.24, 2.45) is 0 Å². The van der Waals surface area contributed by atoms with Crippen molar-refractivity contribution in [2.75, 3.05) is 25.7 Å². The van der Waals surface area contributed by atoms with Gasteiger partial charge in [-0.05, 0) is 57.0 Å². The number of nitrogens with two attached hydrogens (primary N) is 2. The first-order chi connectivity index (χ1) is 15.6. The molecule has 2 aromatic heterocycles. The molecule has 2 heterocycles. The van der Waals surface area contributed by atoms with Gasteiger partial charge < -0.3 is 20.9 Å². The second kappa shape index (κ2) is 9.92. The van der Waals surface area contributed by atoms with Crippen LogP contribution in [0.4, 0.5) is 11.6 Å². The summed E-state index contributed by atoms with van der Waals surface area (Å²) in [6.45, 7) is 1.17. The highest BCUT2D eigenvalue weighted by molar-refractivity contribution is 8.76. The molecule has 0 aliphatic rings. The number of hydrogen-bond donors (Lipinski definition) is 2. The van der Waals surface area contributed by atoms with E-state index in [0.29, 0.717) is 24.7 Å². The van der Waals surface area contributed by atoms with Crippen LogP contribution < -0.4 is 20.9 Å². The van der Waals surface area contributed by atoms with Crippen molar-refractivity contribution < 1.29 is 9.47 Å². The van der Waals surface area contributed by atoms with E-state index in [1.165, 1.54) is 21.6 Å². The van der Waals surface area contributed by atoms with E-state index in [9.17, 15) is 0 Å². The molecule has 0 radical (unpaired) electrons. The van der Waals surface area contributed by atoms with Gasteiger partial charge in [0.15, 0.2) is 0 Å². The normalized spacial score (nSPS) is 10.9. The van der Waals surface area contributed by atoms with Gasteiger partial charge in [0.1, 0.15) is 23.1 Å². The zero-order chi connectivity index (χ0) is 22.5. The molecule has 0 fully saturated rings. The maximum atomic E-state index is 6.32. The van der Waals surface area contributed by atoms with E-state index >= 15 is 0 Å². The number of nitrogen functional groups attached to an aromatic ring is 2. The van der Waals surface area contributed by atoms with E-state index in [2.05, 4.69) is 10.2 Å². The Hall–Kier alpha value is -3.24. The summed E-state index contributed by atoms with van der Waals surface area (Å²) in [6, 6.07) is 15.7. The number of anilines is 2. The molecular weight excluding hydrogens is 444 g/mol. The number of rotatable bonds is 9. The zero-order valence-electron chi connectivity index (χ0n) is 17.8. The first kappa shape index (κ1) is 22.0. The Morgan fingerprint density at radius 1 is 0.688 bits per heavy atom. The average Bonchev–Trinajstić information content (AvgIpc) is 3.35. The van der Waals surface area contributed by atoms with E-state index in [4.69, 9.17) is 20.9 Å². The lowest BCUT2D eigenvalue weighted by Gasteiger charge is -2.07. The molecule has 0 atom stereocenters. The van der Waals surface area contributed by atoms with Crippen molar-refractivity contribution in [1.29, 1.82) is 0 Å². The number of methoxy groups -OCH3 is 2. The minimum Gasteiger partial charge on any atom is -0.497 e. The van der Waals surface area contributed by atoms with Gasteiger partial charge in [-0.3, -0.25) is 0 Å². The monoisotopic (exact) mass is 468 g/mol. The number of aromatic nitrogens is 4. The van der Waals surface area contributed by atoms with E-state index in [-0.39, 0.29) is 0 Å². The molecule has 0 saturated heterocycles. The Labute approximate surface area is 194 Å². The van der Waals surface area contributed by atoms with Crippen LogP contribution in [0.3, 0.4) is 0 Å². The third kappa shape index (κ3) is 4.97. The quantitative estimate of drug-likeness (QED) is 0.353. The van der Waals surface area contributed by atoms with Crippen LogP contribution in [0.5, 0.6) is 11.5 Å². The summed E-state index contributed by atoms with van der Waals surface area (Å²) in [5, 5.41) is 8.85. The van der Waals surface area contributed by atoms with Gasteiger partial charge in [-0.1, -0.05) is 24.3 Å². The van der Waals surface area contributed by atoms with Crippen molar-refractivity contribution >= 4 is 33.2 Å². The molecule has 4 N–H and O–H groups in total. The molecule has 8 nitrogen and oxygen atoms in total. The second-order valence-corrected chi connectivity index (χ2v) is 9.18. The lowest BCUT2D eigenvalue weighted by atomic mass is 10.2. The van der Waals surface area contributed by atoms with E-state index in [1.54, 1.807) is 36.0 Å². The van der Waals surface area contributed by atoms with Crippen LogP contribution in [0, 0.1) is 0 Å². The SMILES string of the molecule is COc1ccc(Cn2ncc(SSc3cnn(Cc4ccc(OC)cc4)c3N)c2N)cc1. The van der Waals surface area contributed by atoms with E-state index < -0.39 is 0 Å². The van der Waals surface area contributed by atoms with Crippen molar-refractivity contribution in [3.05, 3.63) is 72.1 Å². The van der Waals surface area contributed by atoms with Gasteiger partial charge in [0, 0.05) is 0 Å². The van der Waals surface area contributed by atoms with Crippen LogP contribution in [-0.4, -0.2) is 33.8 Å². The number of nitrogens with zero attached hydrogens (tertiary/aromatic N) is 4. The summed E-state index contributed by atoms with van der Waals surface area (Å²) >= 11 is 0. The highest BCUT2D eigenvalue weighted by atomic mass is 33.1. The Bertz CT molecular complexity index is 1080. The second-order valence-electron chi connectivity index (χ2n) is 6.97. The fourth-order valence-electron chi connectivity index (χ4n) is 3.03. The third-order valence-electron chi connectivity index (χ3n) is 4.89. The molecule has 2 aromatic carbocycles. The minimum atomic E-state index is 0.586. The standard InChI is InChI=1S/C22H24N6O2S2/c1-29-17-7-3-15(4-8-17)13-27-21(23)19(11-25-27)31-32-20-12-26-28(22(20)24)14-16-5-9-18(30-2)10-6-16/h3-12H,13-14,23-24H2,1-2H3. The summed E-state index contributed by atoms with van der Waals surface area (Å²) in [5.41, 5.74) is 14.8. The largest absolute Gasteiger partial charge is 0.497 e. The molecule has 32 heavy (non-hydrogen) atoms. The minimum absolute atomic E-state index is 0.586. The van der Waals surface area contributed by atoms with Crippen molar-refractivity contribution in [3.63, 3.8) is 0 Å². The predicted octanol–water partition coefficient (Wildman–Crippen LogP) is 4.16. The zero-order valence-corrected chi connectivity index (χ0v) is 19.4. The molecule has 0 aliphatic heterocycles. The van der Waals surface area contributed by atoms with Gasteiger partial charge in [0.25, 0.3) is 0 Å². The molecular formula is C22H24N6O2S2. The molecule has 0 spiro atoms. The summed E-state index contributed by atoms with van der Waals surface area (Å²) in [4.78, 5) is 1.76. The fraction of sp³-hybridized carbons (Fsp3) is 0.182. The van der Waals surface area contributed by atoms with Crippen LogP contribution >= 0.6 is 21.6 Å². The Morgan fingerprint density at radius 2 is 1.06 bits per heavy atom. The summed E-state index contributed by atoms with van der Waals surface area (Å²) in [7, 11) is 6.33. The molecule has 4 aromatic rings. The fourth-order valence-corrected chi connectivity index (χ4v) is 5.08. The van der Waals surface area contributed by atoms with Crippen molar-refractivity contribution in [1.82, 2.24) is 19.6 Å². The molecule has 0 aliphatic carbocycles. The maximum absolute atomic E-state index is 6.32. The van der Waals surface area contributed by atoms with E-state index in [0.717, 1.165) is 32.4 Å². The van der Waals surface area contributed by atoms with E-state index in [1.807, 2.05) is 48.5 Å². The van der Waals surface area contributed by atoms with Crippen molar-refractivity contribution in [3.8, 4) is 11.5 Å². The molecule has 166 valence electrons. The predicted molar refractivity (Wildman–Crippen MR) is 129 cm³/mol. The maximum Gasteiger partial charge on any atom is 0.136 e. The number of benzene rings is 2. The van der Waals surface area contributed by atoms with Gasteiger partial charge in [0.05, 0.1) is 49.5 Å². The average molecular weight is 469 g/mol. The lowest BCUT2D eigenvalue weighted by Crippen LogP contribution is -2.06. The number of ether oxygens (including phenoxy) is 2. The van der Waals surface area contributed by atoms with Gasteiger partial charge in [-0.2, -0.15) is 10.2 Å². The van der Waals surface area contributed by atoms with Gasteiger partial charge in [-0.25, -0.2) is 9.36 Å². The first-order valence-electron chi connectivity index (χ1n) is 9.80. The summed E-state index contributed by atoms with van der Waals surface area (Å²) < 4.78 is 14.0. The highest BCUT2D eigenvalue weighted by Gasteiger charge is 2.13. The summed E-state index contributed by atoms with van der Waals surface area (Å²) in [5.74, 6) is 2.87. The third-order valence-corrected chi connectivity index (χ3v) is 7.29. The van der Waals surface area contributed by atoms with Crippen LogP contribution in [0.1, 0.15) is 11.1 Å². The number of hydrogen-bond acceptors (Lipinski definition) is 8. The molecule has 0 saturated carbocycles. The topological polar surface area (TPSA) is 106 Å². The van der Waals surface area contributed by atoms with Crippen molar-refractivity contribution in [2.45, 2.75) is 22.9 Å². The van der Waals surface area contributed by atoms with Gasteiger partial charge in [0.2, 0.25) is 0 Å². The van der Waals surface area contributed by atoms with Gasteiger partial charge >= 0.3 is 0 Å². The van der Waals surface area contributed by atoms with Crippen LogP contribution in [0.2, 0.25) is 0 Å². The Morgan fingerprint density at radius 3 is 1.41 bits per heavy atom. The molecule has 4 rings (SSSR count).